The average molecular weight is 298 g/mol. The quantitative estimate of drug-likeness (QED) is 0.660. The van der Waals surface area contributed by atoms with Crippen LogP contribution in [-0.4, -0.2) is 56.8 Å². The molecule has 0 spiro atoms. The molecule has 10 heteroatoms. The van der Waals surface area contributed by atoms with Crippen LogP contribution in [0.15, 0.2) is 17.5 Å². The lowest BCUT2D eigenvalue weighted by Gasteiger charge is -2.43. The number of nitrogens with one attached hydrogen (secondary N) is 1. The molecule has 2 aliphatic heterocycles. The third-order valence-corrected chi connectivity index (χ3v) is 5.29. The van der Waals surface area contributed by atoms with Gasteiger partial charge >= 0.3 is 5.97 Å². The third-order valence-electron chi connectivity index (χ3n) is 3.33. The van der Waals surface area contributed by atoms with Crippen molar-refractivity contribution in [1.29, 1.82) is 0 Å². The number of carboxylic acid groups (broad SMARTS) is 1. The molecular weight excluding hydrogens is 288 g/mol. The number of carbonyl (C=O) groups is 2. The van der Waals surface area contributed by atoms with Gasteiger partial charge in [0.15, 0.2) is 9.84 Å². The summed E-state index contributed by atoms with van der Waals surface area (Å²) in [5, 5.41) is 17.9. The molecule has 1 aromatic heterocycles. The van der Waals surface area contributed by atoms with Crippen molar-refractivity contribution in [3.63, 3.8) is 0 Å². The van der Waals surface area contributed by atoms with Gasteiger partial charge in [0.05, 0.1) is 24.1 Å². The highest BCUT2D eigenvalue weighted by Crippen LogP contribution is 2.36. The minimum atomic E-state index is -3.55. The molecule has 3 rings (SSSR count). The summed E-state index contributed by atoms with van der Waals surface area (Å²) in [7, 11) is -3.55. The molecular formula is C10H10N4O5S. The van der Waals surface area contributed by atoms with Crippen molar-refractivity contribution in [3.8, 4) is 0 Å². The van der Waals surface area contributed by atoms with Crippen molar-refractivity contribution < 1.29 is 23.1 Å². The zero-order chi connectivity index (χ0) is 14.5. The van der Waals surface area contributed by atoms with Gasteiger partial charge in [0.1, 0.15) is 11.1 Å². The molecule has 3 heterocycles. The molecule has 0 radical (unpaired) electrons. The lowest BCUT2D eigenvalue weighted by molar-refractivity contribution is -0.146. The summed E-state index contributed by atoms with van der Waals surface area (Å²) in [6.45, 7) is 0. The van der Waals surface area contributed by atoms with Gasteiger partial charge in [0.2, 0.25) is 5.91 Å². The summed E-state index contributed by atoms with van der Waals surface area (Å²) in [6.07, 6.45) is 1.24. The van der Waals surface area contributed by atoms with Gasteiger partial charge in [-0.05, 0) is 5.57 Å². The minimum Gasteiger partial charge on any atom is -0.477 e. The first kappa shape index (κ1) is 12.8. The van der Waals surface area contributed by atoms with Gasteiger partial charge < -0.3 is 5.11 Å². The van der Waals surface area contributed by atoms with Crippen LogP contribution in [-0.2, 0) is 25.8 Å². The molecule has 0 bridgehead atoms. The number of sulfone groups is 1. The van der Waals surface area contributed by atoms with E-state index in [1.807, 2.05) is 0 Å². The SMILES string of the molecule is O=C(O)C1=C(Cc2cn[nH]n2)CS(=O)(=O)[C@H]2CC(=O)N12. The Hall–Kier alpha value is -2.23. The monoisotopic (exact) mass is 298 g/mol. The molecule has 0 aliphatic carbocycles. The fourth-order valence-electron chi connectivity index (χ4n) is 2.44. The fraction of sp³-hybridized carbons (Fsp3) is 0.400. The topological polar surface area (TPSA) is 133 Å². The number of hydrogen-bond acceptors (Lipinski definition) is 6. The Bertz CT molecular complexity index is 721. The molecule has 9 nitrogen and oxygen atoms in total. The smallest absolute Gasteiger partial charge is 0.352 e. The van der Waals surface area contributed by atoms with Gasteiger partial charge in [-0.3, -0.25) is 9.69 Å². The lowest BCUT2D eigenvalue weighted by Crippen LogP contribution is -2.60. The average Bonchev–Trinajstić information content (AvgIpc) is 2.82. The van der Waals surface area contributed by atoms with Crippen molar-refractivity contribution in [2.75, 3.05) is 5.75 Å². The first-order chi connectivity index (χ1) is 9.40. The molecule has 1 aromatic rings. The number of aromatic amines is 1. The Kier molecular flexibility index (Phi) is 2.64. The van der Waals surface area contributed by atoms with Crippen molar-refractivity contribution >= 4 is 21.7 Å². The molecule has 1 amide bonds. The normalized spacial score (nSPS) is 24.3. The van der Waals surface area contributed by atoms with Crippen LogP contribution in [0.2, 0.25) is 0 Å². The van der Waals surface area contributed by atoms with Gasteiger partial charge in [0, 0.05) is 6.42 Å². The van der Waals surface area contributed by atoms with E-state index >= 15 is 0 Å². The summed E-state index contributed by atoms with van der Waals surface area (Å²) in [5.41, 5.74) is 0.320. The van der Waals surface area contributed by atoms with E-state index in [1.54, 1.807) is 0 Å². The number of carboxylic acids is 1. The van der Waals surface area contributed by atoms with Crippen LogP contribution in [0.5, 0.6) is 0 Å². The van der Waals surface area contributed by atoms with E-state index in [2.05, 4.69) is 15.4 Å². The van der Waals surface area contributed by atoms with Gasteiger partial charge in [0.25, 0.3) is 0 Å². The highest BCUT2D eigenvalue weighted by atomic mass is 32.2. The van der Waals surface area contributed by atoms with Crippen molar-refractivity contribution in [3.05, 3.63) is 23.2 Å². The second-order valence-electron chi connectivity index (χ2n) is 4.63. The number of β-lactam (4-membered cyclic amide) rings is 1. The van der Waals surface area contributed by atoms with Crippen molar-refractivity contribution in [1.82, 2.24) is 20.3 Å². The Morgan fingerprint density at radius 3 is 2.85 bits per heavy atom. The Balaban J connectivity index is 2.08. The number of amides is 1. The summed E-state index contributed by atoms with van der Waals surface area (Å²) in [5.74, 6) is -2.18. The highest BCUT2D eigenvalue weighted by Gasteiger charge is 2.52. The highest BCUT2D eigenvalue weighted by molar-refractivity contribution is 7.92. The first-order valence-corrected chi connectivity index (χ1v) is 7.45. The summed E-state index contributed by atoms with van der Waals surface area (Å²) >= 11 is 0. The fourth-order valence-corrected chi connectivity index (χ4v) is 4.30. The standard InChI is InChI=1S/C10H10N4O5S/c15-7-2-8-14(7)9(10(16)17)5(4-20(8,18)19)1-6-3-11-13-12-6/h3,8H,1-2,4H2,(H,16,17)(H,11,12,13)/t8-/m0/s1. The first-order valence-electron chi connectivity index (χ1n) is 5.74. The molecule has 1 saturated heterocycles. The zero-order valence-corrected chi connectivity index (χ0v) is 10.9. The van der Waals surface area contributed by atoms with Crippen LogP contribution in [0, 0.1) is 0 Å². The summed E-state index contributed by atoms with van der Waals surface area (Å²) < 4.78 is 24.1. The molecule has 106 valence electrons. The van der Waals surface area contributed by atoms with Crippen molar-refractivity contribution in [2.24, 2.45) is 0 Å². The molecule has 1 atom stereocenters. The molecule has 20 heavy (non-hydrogen) atoms. The second-order valence-corrected chi connectivity index (χ2v) is 6.78. The number of rotatable bonds is 3. The van der Waals surface area contributed by atoms with Crippen LogP contribution < -0.4 is 0 Å². The maximum absolute atomic E-state index is 12.0. The molecule has 2 N–H and O–H groups in total. The Morgan fingerprint density at radius 1 is 1.55 bits per heavy atom. The van der Waals surface area contributed by atoms with Crippen LogP contribution in [0.25, 0.3) is 0 Å². The van der Waals surface area contributed by atoms with E-state index in [9.17, 15) is 23.1 Å². The molecule has 0 unspecified atom stereocenters. The van der Waals surface area contributed by atoms with Gasteiger partial charge in [-0.1, -0.05) is 0 Å². The van der Waals surface area contributed by atoms with Gasteiger partial charge in [-0.15, -0.1) is 0 Å². The number of aromatic nitrogens is 3. The maximum atomic E-state index is 12.0. The van der Waals surface area contributed by atoms with Gasteiger partial charge in [-0.2, -0.15) is 15.4 Å². The summed E-state index contributed by atoms with van der Waals surface area (Å²) in [4.78, 5) is 23.8. The molecule has 2 aliphatic rings. The minimum absolute atomic E-state index is 0.0217. The number of hydrogen-bond donors (Lipinski definition) is 2. The molecule has 1 fully saturated rings. The van der Waals surface area contributed by atoms with E-state index in [0.717, 1.165) is 4.90 Å². The van der Waals surface area contributed by atoms with E-state index in [4.69, 9.17) is 0 Å². The Morgan fingerprint density at radius 2 is 2.30 bits per heavy atom. The van der Waals surface area contributed by atoms with Gasteiger partial charge in [-0.25, -0.2) is 13.2 Å². The molecule has 0 aromatic carbocycles. The van der Waals surface area contributed by atoms with Crippen LogP contribution >= 0.6 is 0 Å². The Labute approximate surface area is 113 Å². The molecule has 0 saturated carbocycles. The van der Waals surface area contributed by atoms with Crippen LogP contribution in [0.4, 0.5) is 0 Å². The number of carbonyl (C=O) groups excluding carboxylic acids is 1. The van der Waals surface area contributed by atoms with Crippen LogP contribution in [0.3, 0.4) is 0 Å². The lowest BCUT2D eigenvalue weighted by atomic mass is 10.0. The predicted molar refractivity (Wildman–Crippen MR) is 63.8 cm³/mol. The number of aliphatic carboxylic acids is 1. The number of H-pyrrole nitrogens is 1. The van der Waals surface area contributed by atoms with Crippen LogP contribution in [0.1, 0.15) is 12.1 Å². The maximum Gasteiger partial charge on any atom is 0.352 e. The van der Waals surface area contributed by atoms with E-state index in [-0.39, 0.29) is 29.9 Å². The third kappa shape index (κ3) is 1.80. The zero-order valence-electron chi connectivity index (χ0n) is 10.1. The number of fused-ring (bicyclic) bond motifs is 1. The summed E-state index contributed by atoms with van der Waals surface area (Å²) in [6, 6.07) is 0. The largest absolute Gasteiger partial charge is 0.477 e. The predicted octanol–water partition coefficient (Wildman–Crippen LogP) is -1.33. The van der Waals surface area contributed by atoms with Crippen molar-refractivity contribution in [2.45, 2.75) is 18.2 Å². The second kappa shape index (κ2) is 4.13. The van der Waals surface area contributed by atoms with E-state index in [1.165, 1.54) is 6.20 Å². The number of nitrogens with zero attached hydrogens (tertiary/aromatic N) is 3. The van der Waals surface area contributed by atoms with E-state index in [0.29, 0.717) is 5.69 Å². The van der Waals surface area contributed by atoms with E-state index < -0.39 is 27.1 Å².